The molecule has 1 aromatic heterocycles. The molecule has 0 aromatic carbocycles. The van der Waals surface area contributed by atoms with Crippen molar-refractivity contribution >= 4 is 21.6 Å². The lowest BCUT2D eigenvalue weighted by Gasteiger charge is -2.29. The molecule has 0 N–H and O–H groups in total. The van der Waals surface area contributed by atoms with Gasteiger partial charge in [-0.05, 0) is 42.3 Å². The van der Waals surface area contributed by atoms with Gasteiger partial charge in [0.05, 0.1) is 11.5 Å². The average Bonchev–Trinajstić information content (AvgIpc) is 2.89. The monoisotopic (exact) mass is 371 g/mol. The Hall–Kier alpha value is -2.23. The SMILES string of the molecule is CCN(C(=O)C(C)Oc1ccc(C)nc1[N+](=O)[O-])C1CCS(=O)(=O)C1. The van der Waals surface area contributed by atoms with Gasteiger partial charge in [0.15, 0.2) is 15.9 Å². The van der Waals surface area contributed by atoms with Crippen LogP contribution in [0.15, 0.2) is 12.1 Å². The van der Waals surface area contributed by atoms with Crippen molar-refractivity contribution in [1.29, 1.82) is 0 Å². The fraction of sp³-hybridized carbons (Fsp3) is 0.600. The molecule has 9 nitrogen and oxygen atoms in total. The standard InChI is InChI=1S/C15H21N3O6S/c1-4-17(12-7-8-25(22,23)9-12)15(19)11(3)24-13-6-5-10(2)16-14(13)18(20)21/h5-6,11-12H,4,7-9H2,1-3H3. The zero-order chi connectivity index (χ0) is 18.8. The van der Waals surface area contributed by atoms with Crippen LogP contribution in [0.5, 0.6) is 5.75 Å². The molecule has 1 aromatic rings. The topological polar surface area (TPSA) is 120 Å². The van der Waals surface area contributed by atoms with Crippen molar-refractivity contribution in [1.82, 2.24) is 9.88 Å². The Bertz CT molecular complexity index is 779. The van der Waals surface area contributed by atoms with Gasteiger partial charge in [-0.15, -0.1) is 0 Å². The van der Waals surface area contributed by atoms with Gasteiger partial charge in [0.2, 0.25) is 5.75 Å². The number of aromatic nitrogens is 1. The Morgan fingerprint density at radius 1 is 1.52 bits per heavy atom. The first-order chi connectivity index (χ1) is 11.6. The van der Waals surface area contributed by atoms with Crippen LogP contribution in [0.4, 0.5) is 5.82 Å². The molecule has 2 unspecified atom stereocenters. The van der Waals surface area contributed by atoms with Crippen molar-refractivity contribution in [2.45, 2.75) is 39.3 Å². The third-order valence-corrected chi connectivity index (χ3v) is 5.83. The maximum Gasteiger partial charge on any atom is 0.406 e. The van der Waals surface area contributed by atoms with E-state index in [1.165, 1.54) is 17.9 Å². The number of carbonyl (C=O) groups is 1. The Morgan fingerprint density at radius 3 is 2.72 bits per heavy atom. The molecule has 1 fully saturated rings. The van der Waals surface area contributed by atoms with E-state index in [1.54, 1.807) is 19.9 Å². The van der Waals surface area contributed by atoms with Crippen LogP contribution in [-0.4, -0.2) is 59.3 Å². The minimum Gasteiger partial charge on any atom is -0.473 e. The van der Waals surface area contributed by atoms with Crippen molar-refractivity contribution in [3.8, 4) is 5.75 Å². The van der Waals surface area contributed by atoms with E-state index >= 15 is 0 Å². The lowest BCUT2D eigenvalue weighted by atomic mass is 10.2. The minimum atomic E-state index is -3.13. The van der Waals surface area contributed by atoms with Crippen LogP contribution >= 0.6 is 0 Å². The second kappa shape index (κ2) is 7.34. The van der Waals surface area contributed by atoms with Gasteiger partial charge in [-0.3, -0.25) is 4.79 Å². The van der Waals surface area contributed by atoms with E-state index in [1.807, 2.05) is 0 Å². The van der Waals surface area contributed by atoms with Crippen molar-refractivity contribution < 1.29 is 22.9 Å². The number of nitro groups is 1. The number of rotatable bonds is 6. The zero-order valence-corrected chi connectivity index (χ0v) is 15.2. The van der Waals surface area contributed by atoms with Gasteiger partial charge in [-0.2, -0.15) is 0 Å². The number of aryl methyl sites for hydroxylation is 1. The Balaban J connectivity index is 2.16. The molecule has 0 bridgehead atoms. The minimum absolute atomic E-state index is 0.0596. The summed E-state index contributed by atoms with van der Waals surface area (Å²) in [4.78, 5) is 28.4. The molecule has 10 heteroatoms. The van der Waals surface area contributed by atoms with Gasteiger partial charge in [0.25, 0.3) is 5.91 Å². The molecule has 138 valence electrons. The predicted octanol–water partition coefficient (Wildman–Crippen LogP) is 1.10. The number of sulfone groups is 1. The lowest BCUT2D eigenvalue weighted by Crippen LogP contribution is -2.47. The first-order valence-corrected chi connectivity index (χ1v) is 9.76. The summed E-state index contributed by atoms with van der Waals surface area (Å²) in [5, 5.41) is 11.1. The number of carbonyl (C=O) groups excluding carboxylic acids is 1. The molecule has 2 rings (SSSR count). The quantitative estimate of drug-likeness (QED) is 0.542. The third kappa shape index (κ3) is 4.44. The number of hydrogen-bond acceptors (Lipinski definition) is 7. The summed E-state index contributed by atoms with van der Waals surface area (Å²) in [7, 11) is -3.13. The van der Waals surface area contributed by atoms with Crippen molar-refractivity contribution in [2.75, 3.05) is 18.1 Å². The van der Waals surface area contributed by atoms with Crippen LogP contribution in [0.3, 0.4) is 0 Å². The normalized spacial score (nSPS) is 20.0. The zero-order valence-electron chi connectivity index (χ0n) is 14.3. The summed E-state index contributed by atoms with van der Waals surface area (Å²) in [6.45, 7) is 5.19. The van der Waals surface area contributed by atoms with E-state index in [-0.39, 0.29) is 23.3 Å². The van der Waals surface area contributed by atoms with Gasteiger partial charge in [0, 0.05) is 19.5 Å². The number of likely N-dealkylation sites (N-methyl/N-ethyl adjacent to an activating group) is 1. The predicted molar refractivity (Wildman–Crippen MR) is 90.2 cm³/mol. The van der Waals surface area contributed by atoms with Crippen LogP contribution in [0.1, 0.15) is 26.0 Å². The number of pyridine rings is 1. The van der Waals surface area contributed by atoms with Crippen LogP contribution < -0.4 is 4.74 Å². The third-order valence-electron chi connectivity index (χ3n) is 4.08. The summed E-state index contributed by atoms with van der Waals surface area (Å²) in [6, 6.07) is 2.57. The van der Waals surface area contributed by atoms with Gasteiger partial charge >= 0.3 is 5.82 Å². The second-order valence-electron chi connectivity index (χ2n) is 5.97. The summed E-state index contributed by atoms with van der Waals surface area (Å²) < 4.78 is 28.8. The van der Waals surface area contributed by atoms with Crippen molar-refractivity contribution in [3.63, 3.8) is 0 Å². The maximum atomic E-state index is 12.6. The number of ether oxygens (including phenoxy) is 1. The van der Waals surface area contributed by atoms with Crippen molar-refractivity contribution in [2.24, 2.45) is 0 Å². The summed E-state index contributed by atoms with van der Waals surface area (Å²) in [6.07, 6.45) is -0.604. The number of amides is 1. The number of nitrogens with zero attached hydrogens (tertiary/aromatic N) is 3. The summed E-state index contributed by atoms with van der Waals surface area (Å²) in [5.41, 5.74) is 0.462. The van der Waals surface area contributed by atoms with Crippen LogP contribution in [0.25, 0.3) is 0 Å². The molecule has 1 aliphatic rings. The smallest absolute Gasteiger partial charge is 0.406 e. The van der Waals surface area contributed by atoms with E-state index < -0.39 is 32.6 Å². The summed E-state index contributed by atoms with van der Waals surface area (Å²) in [5.74, 6) is -0.951. The van der Waals surface area contributed by atoms with Gasteiger partial charge < -0.3 is 19.8 Å². The molecule has 0 spiro atoms. The van der Waals surface area contributed by atoms with E-state index in [0.29, 0.717) is 18.7 Å². The van der Waals surface area contributed by atoms with Gasteiger partial charge in [-0.1, -0.05) is 0 Å². The lowest BCUT2D eigenvalue weighted by molar-refractivity contribution is -0.390. The summed E-state index contributed by atoms with van der Waals surface area (Å²) >= 11 is 0. The molecule has 2 heterocycles. The first-order valence-electron chi connectivity index (χ1n) is 7.94. The van der Waals surface area contributed by atoms with Crippen molar-refractivity contribution in [3.05, 3.63) is 27.9 Å². The van der Waals surface area contributed by atoms with Crippen LogP contribution in [0, 0.1) is 17.0 Å². The molecule has 1 amide bonds. The Morgan fingerprint density at radius 2 is 2.20 bits per heavy atom. The number of hydrogen-bond donors (Lipinski definition) is 0. The van der Waals surface area contributed by atoms with E-state index in [0.717, 1.165) is 0 Å². The molecule has 25 heavy (non-hydrogen) atoms. The van der Waals surface area contributed by atoms with E-state index in [9.17, 15) is 23.3 Å². The molecule has 0 aliphatic carbocycles. The van der Waals surface area contributed by atoms with Gasteiger partial charge in [0.1, 0.15) is 5.69 Å². The molecular weight excluding hydrogens is 350 g/mol. The molecule has 0 saturated carbocycles. The molecule has 1 aliphatic heterocycles. The Kier molecular flexibility index (Phi) is 5.61. The highest BCUT2D eigenvalue weighted by Gasteiger charge is 2.36. The first kappa shape index (κ1) is 19.1. The highest BCUT2D eigenvalue weighted by atomic mass is 32.2. The van der Waals surface area contributed by atoms with Gasteiger partial charge in [-0.25, -0.2) is 8.42 Å². The molecular formula is C15H21N3O6S. The van der Waals surface area contributed by atoms with Crippen LogP contribution in [-0.2, 0) is 14.6 Å². The maximum absolute atomic E-state index is 12.6. The fourth-order valence-electron chi connectivity index (χ4n) is 2.84. The molecule has 2 atom stereocenters. The van der Waals surface area contributed by atoms with E-state index in [4.69, 9.17) is 4.74 Å². The highest BCUT2D eigenvalue weighted by molar-refractivity contribution is 7.91. The molecule has 0 radical (unpaired) electrons. The fourth-order valence-corrected chi connectivity index (χ4v) is 4.57. The Labute approximate surface area is 146 Å². The van der Waals surface area contributed by atoms with Crippen LogP contribution in [0.2, 0.25) is 0 Å². The van der Waals surface area contributed by atoms with E-state index in [2.05, 4.69) is 4.98 Å². The second-order valence-corrected chi connectivity index (χ2v) is 8.20. The highest BCUT2D eigenvalue weighted by Crippen LogP contribution is 2.26. The molecule has 1 saturated heterocycles. The largest absolute Gasteiger partial charge is 0.473 e. The average molecular weight is 371 g/mol.